The Morgan fingerprint density at radius 3 is 2.60 bits per heavy atom. The molecule has 0 aliphatic heterocycles. The largest absolute Gasteiger partial charge is 0.345 e. The van der Waals surface area contributed by atoms with Gasteiger partial charge in [0.1, 0.15) is 16.7 Å². The van der Waals surface area contributed by atoms with Crippen LogP contribution in [0.3, 0.4) is 0 Å². The minimum Gasteiger partial charge on any atom is -0.345 e. The third-order valence-corrected chi connectivity index (χ3v) is 3.81. The number of nitrogens with zero attached hydrogens (tertiary/aromatic N) is 2. The molecule has 0 spiro atoms. The Hall–Kier alpha value is -3.17. The van der Waals surface area contributed by atoms with Crippen molar-refractivity contribution in [3.05, 3.63) is 80.4 Å². The number of carbonyl (C=O) groups is 1. The Labute approximate surface area is 149 Å². The Kier molecular flexibility index (Phi) is 5.88. The molecule has 0 aromatic heterocycles. The molecule has 0 unspecified atom stereocenters. The van der Waals surface area contributed by atoms with E-state index in [2.05, 4.69) is 5.32 Å². The average Bonchev–Trinajstić information content (AvgIpc) is 2.61. The van der Waals surface area contributed by atoms with Crippen LogP contribution in [-0.2, 0) is 4.79 Å². The van der Waals surface area contributed by atoms with Crippen molar-refractivity contribution >= 4 is 29.3 Å². The molecule has 6 nitrogen and oxygen atoms in total. The van der Waals surface area contributed by atoms with Crippen LogP contribution in [0, 0.1) is 21.4 Å². The van der Waals surface area contributed by atoms with Crippen LogP contribution in [0.25, 0.3) is 6.08 Å². The van der Waals surface area contributed by atoms with Crippen LogP contribution < -0.4 is 5.32 Å². The zero-order valence-electron chi connectivity index (χ0n) is 13.3. The lowest BCUT2D eigenvalue weighted by atomic mass is 10.1. The molecule has 126 valence electrons. The third-order valence-electron chi connectivity index (χ3n) is 3.49. The van der Waals surface area contributed by atoms with Gasteiger partial charge in [0.2, 0.25) is 0 Å². The van der Waals surface area contributed by atoms with Crippen LogP contribution >= 0.6 is 11.6 Å². The minimum atomic E-state index is -0.622. The molecule has 2 rings (SSSR count). The van der Waals surface area contributed by atoms with Crippen molar-refractivity contribution in [2.75, 3.05) is 0 Å². The molecule has 7 heteroatoms. The maximum atomic E-state index is 12.3. The van der Waals surface area contributed by atoms with Crippen LogP contribution in [0.2, 0.25) is 5.02 Å². The summed E-state index contributed by atoms with van der Waals surface area (Å²) in [5.74, 6) is -0.559. The average molecular weight is 356 g/mol. The van der Waals surface area contributed by atoms with Gasteiger partial charge in [0.05, 0.1) is 11.0 Å². The van der Waals surface area contributed by atoms with Crippen molar-refractivity contribution in [2.24, 2.45) is 0 Å². The van der Waals surface area contributed by atoms with Gasteiger partial charge in [0.15, 0.2) is 0 Å². The zero-order chi connectivity index (χ0) is 18.4. The Balaban J connectivity index is 2.23. The van der Waals surface area contributed by atoms with E-state index < -0.39 is 10.8 Å². The molecule has 25 heavy (non-hydrogen) atoms. The van der Waals surface area contributed by atoms with Crippen molar-refractivity contribution in [1.29, 1.82) is 5.26 Å². The number of nitro groups is 1. The molecule has 0 aliphatic rings. The highest BCUT2D eigenvalue weighted by atomic mass is 35.5. The van der Waals surface area contributed by atoms with E-state index in [1.54, 1.807) is 6.92 Å². The lowest BCUT2D eigenvalue weighted by Gasteiger charge is -2.13. The standard InChI is InChI=1S/C18H14ClN3O3/c1-12(14-5-3-2-4-6-14)21-18(23)15(11-20)9-13-7-8-16(19)17(10-13)22(24)25/h2-10,12H,1H3,(H,21,23)/b15-9+/t12-/m1/s1. The molecular formula is C18H14ClN3O3. The molecule has 1 amide bonds. The van der Waals surface area contributed by atoms with Gasteiger partial charge in [-0.2, -0.15) is 5.26 Å². The normalized spacial score (nSPS) is 12.1. The summed E-state index contributed by atoms with van der Waals surface area (Å²) in [6.07, 6.45) is 1.29. The molecule has 2 aromatic rings. The summed E-state index contributed by atoms with van der Waals surface area (Å²) in [6.45, 7) is 1.80. The lowest BCUT2D eigenvalue weighted by Crippen LogP contribution is -2.27. The fourth-order valence-corrected chi connectivity index (χ4v) is 2.36. The van der Waals surface area contributed by atoms with Crippen LogP contribution in [0.15, 0.2) is 54.1 Å². The highest BCUT2D eigenvalue weighted by Crippen LogP contribution is 2.26. The second-order valence-electron chi connectivity index (χ2n) is 5.24. The topological polar surface area (TPSA) is 96.0 Å². The van der Waals surface area contributed by atoms with Gasteiger partial charge in [-0.3, -0.25) is 14.9 Å². The van der Waals surface area contributed by atoms with Gasteiger partial charge < -0.3 is 5.32 Å². The van der Waals surface area contributed by atoms with Crippen molar-refractivity contribution in [2.45, 2.75) is 13.0 Å². The minimum absolute atomic E-state index is 0.0113. The number of carbonyl (C=O) groups excluding carboxylic acids is 1. The van der Waals surface area contributed by atoms with Gasteiger partial charge in [-0.25, -0.2) is 0 Å². The molecule has 0 heterocycles. The van der Waals surface area contributed by atoms with Gasteiger partial charge in [-0.05, 0) is 30.2 Å². The number of rotatable bonds is 5. The van der Waals surface area contributed by atoms with Crippen LogP contribution in [0.5, 0.6) is 0 Å². The predicted molar refractivity (Wildman–Crippen MR) is 94.7 cm³/mol. The monoisotopic (exact) mass is 355 g/mol. The van der Waals surface area contributed by atoms with E-state index in [0.29, 0.717) is 5.56 Å². The fourth-order valence-electron chi connectivity index (χ4n) is 2.17. The first-order chi connectivity index (χ1) is 11.9. The van der Waals surface area contributed by atoms with E-state index >= 15 is 0 Å². The van der Waals surface area contributed by atoms with Gasteiger partial charge in [0.25, 0.3) is 11.6 Å². The number of benzene rings is 2. The highest BCUT2D eigenvalue weighted by molar-refractivity contribution is 6.32. The summed E-state index contributed by atoms with van der Waals surface area (Å²) in [7, 11) is 0. The van der Waals surface area contributed by atoms with E-state index in [0.717, 1.165) is 5.56 Å². The van der Waals surface area contributed by atoms with Gasteiger partial charge in [-0.1, -0.05) is 48.0 Å². The Morgan fingerprint density at radius 2 is 2.00 bits per heavy atom. The third kappa shape index (κ3) is 4.66. The predicted octanol–water partition coefficient (Wildman–Crippen LogP) is 4.03. The summed E-state index contributed by atoms with van der Waals surface area (Å²) in [5.41, 5.74) is 0.801. The number of hydrogen-bond acceptors (Lipinski definition) is 4. The van der Waals surface area contributed by atoms with E-state index in [9.17, 15) is 20.2 Å². The van der Waals surface area contributed by atoms with E-state index in [-0.39, 0.29) is 22.3 Å². The highest BCUT2D eigenvalue weighted by Gasteiger charge is 2.16. The maximum Gasteiger partial charge on any atom is 0.288 e. The summed E-state index contributed by atoms with van der Waals surface area (Å²) in [5, 5.41) is 22.9. The van der Waals surface area contributed by atoms with E-state index in [4.69, 9.17) is 11.6 Å². The lowest BCUT2D eigenvalue weighted by molar-refractivity contribution is -0.384. The number of nitro benzene ring substituents is 1. The molecule has 0 saturated heterocycles. The maximum absolute atomic E-state index is 12.3. The smallest absolute Gasteiger partial charge is 0.288 e. The number of nitrogens with one attached hydrogen (secondary N) is 1. The van der Waals surface area contributed by atoms with Crippen LogP contribution in [0.1, 0.15) is 24.1 Å². The second-order valence-corrected chi connectivity index (χ2v) is 5.65. The molecular weight excluding hydrogens is 342 g/mol. The number of halogens is 1. The molecule has 1 atom stereocenters. The van der Waals surface area contributed by atoms with Crippen LogP contribution in [0.4, 0.5) is 5.69 Å². The molecule has 0 saturated carbocycles. The van der Waals surface area contributed by atoms with Crippen molar-refractivity contribution in [1.82, 2.24) is 5.32 Å². The molecule has 0 radical (unpaired) electrons. The van der Waals surface area contributed by atoms with Gasteiger partial charge in [-0.15, -0.1) is 0 Å². The number of nitriles is 1. The van der Waals surface area contributed by atoms with Gasteiger partial charge >= 0.3 is 0 Å². The van der Waals surface area contributed by atoms with Crippen molar-refractivity contribution in [3.63, 3.8) is 0 Å². The molecule has 0 bridgehead atoms. The SMILES string of the molecule is C[C@@H](NC(=O)/C(C#N)=C/c1ccc(Cl)c([N+](=O)[O-])c1)c1ccccc1. The first kappa shape index (κ1) is 18.2. The summed E-state index contributed by atoms with van der Waals surface area (Å²) >= 11 is 5.75. The molecule has 0 fully saturated rings. The second kappa shape index (κ2) is 8.08. The first-order valence-corrected chi connectivity index (χ1v) is 7.71. The quantitative estimate of drug-likeness (QED) is 0.379. The summed E-state index contributed by atoms with van der Waals surface area (Å²) in [4.78, 5) is 22.6. The fraction of sp³-hybridized carbons (Fsp3) is 0.111. The number of amides is 1. The van der Waals surface area contributed by atoms with Gasteiger partial charge in [0, 0.05) is 6.07 Å². The summed E-state index contributed by atoms with van der Waals surface area (Å²) in [6, 6.07) is 14.9. The Morgan fingerprint density at radius 1 is 1.32 bits per heavy atom. The summed E-state index contributed by atoms with van der Waals surface area (Å²) < 4.78 is 0. The molecule has 0 aliphatic carbocycles. The molecule has 1 N–H and O–H groups in total. The first-order valence-electron chi connectivity index (χ1n) is 7.34. The molecule has 2 aromatic carbocycles. The zero-order valence-corrected chi connectivity index (χ0v) is 14.0. The number of hydrogen-bond donors (Lipinski definition) is 1. The van der Waals surface area contributed by atoms with E-state index in [1.165, 1.54) is 24.3 Å². The van der Waals surface area contributed by atoms with Crippen molar-refractivity contribution in [3.8, 4) is 6.07 Å². The van der Waals surface area contributed by atoms with Crippen LogP contribution in [-0.4, -0.2) is 10.8 Å². The van der Waals surface area contributed by atoms with E-state index in [1.807, 2.05) is 36.4 Å². The van der Waals surface area contributed by atoms with Crippen molar-refractivity contribution < 1.29 is 9.72 Å². The Bertz CT molecular complexity index is 873.